The van der Waals surface area contributed by atoms with Crippen LogP contribution in [0.25, 0.3) is 0 Å². The largest absolute Gasteiger partial charge is 0.445 e. The predicted molar refractivity (Wildman–Crippen MR) is 118 cm³/mol. The third-order valence-corrected chi connectivity index (χ3v) is 6.42. The minimum Gasteiger partial charge on any atom is -0.445 e. The van der Waals surface area contributed by atoms with E-state index in [1.165, 1.54) is 5.56 Å². The van der Waals surface area contributed by atoms with Gasteiger partial charge in [-0.05, 0) is 30.4 Å². The summed E-state index contributed by atoms with van der Waals surface area (Å²) >= 11 is 0. The summed E-state index contributed by atoms with van der Waals surface area (Å²) in [6, 6.07) is 18.1. The predicted octanol–water partition coefficient (Wildman–Crippen LogP) is 2.56. The molecule has 0 saturated heterocycles. The highest BCUT2D eigenvalue weighted by atomic mass is 32.2. The van der Waals surface area contributed by atoms with Crippen molar-refractivity contribution < 1.29 is 22.7 Å². The summed E-state index contributed by atoms with van der Waals surface area (Å²) in [7, 11) is -3.29. The van der Waals surface area contributed by atoms with E-state index < -0.39 is 27.9 Å². The molecule has 1 aliphatic rings. The lowest BCUT2D eigenvalue weighted by Gasteiger charge is -2.21. The molecule has 7 nitrogen and oxygen atoms in total. The van der Waals surface area contributed by atoms with Crippen molar-refractivity contribution in [1.29, 1.82) is 0 Å². The van der Waals surface area contributed by atoms with Gasteiger partial charge in [-0.2, -0.15) is 0 Å². The van der Waals surface area contributed by atoms with Crippen LogP contribution in [0.3, 0.4) is 0 Å². The van der Waals surface area contributed by atoms with Crippen LogP contribution in [0.4, 0.5) is 4.79 Å². The quantitative estimate of drug-likeness (QED) is 0.587. The minimum absolute atomic E-state index is 0.0244. The molecule has 3 rings (SSSR count). The average Bonchev–Trinajstić information content (AvgIpc) is 3.55. The third kappa shape index (κ3) is 7.10. The summed E-state index contributed by atoms with van der Waals surface area (Å²) in [5, 5.41) is 5.41. The smallest absolute Gasteiger partial charge is 0.408 e. The molecule has 31 heavy (non-hydrogen) atoms. The summed E-state index contributed by atoms with van der Waals surface area (Å²) in [5.74, 6) is -0.629. The van der Waals surface area contributed by atoms with Gasteiger partial charge in [0.1, 0.15) is 22.5 Å². The Labute approximate surface area is 183 Å². The number of rotatable bonds is 10. The third-order valence-electron chi connectivity index (χ3n) is 5.44. The second-order valence-electron chi connectivity index (χ2n) is 8.04. The Kier molecular flexibility index (Phi) is 7.33. The molecular weight excluding hydrogens is 416 g/mol. The van der Waals surface area contributed by atoms with E-state index in [2.05, 4.69) is 10.6 Å². The molecule has 2 aromatic rings. The molecule has 0 heterocycles. The molecule has 1 fully saturated rings. The number of amides is 2. The van der Waals surface area contributed by atoms with E-state index in [0.717, 1.165) is 24.7 Å². The molecule has 2 amide bonds. The normalized spacial score (nSPS) is 15.5. The number of benzene rings is 2. The second-order valence-corrected chi connectivity index (χ2v) is 10.3. The van der Waals surface area contributed by atoms with Crippen molar-refractivity contribution in [2.24, 2.45) is 0 Å². The van der Waals surface area contributed by atoms with Crippen molar-refractivity contribution in [1.82, 2.24) is 10.6 Å². The van der Waals surface area contributed by atoms with Gasteiger partial charge in [0.05, 0.1) is 5.75 Å². The van der Waals surface area contributed by atoms with Gasteiger partial charge in [-0.25, -0.2) is 13.2 Å². The first-order valence-electron chi connectivity index (χ1n) is 10.3. The molecule has 2 N–H and O–H groups in total. The number of carbonyl (C=O) groups excluding carboxylic acids is 2. The number of hydrogen-bond donors (Lipinski definition) is 2. The second kappa shape index (κ2) is 9.96. The van der Waals surface area contributed by atoms with E-state index in [-0.39, 0.29) is 24.2 Å². The Balaban J connectivity index is 1.58. The van der Waals surface area contributed by atoms with Gasteiger partial charge in [0.25, 0.3) is 0 Å². The van der Waals surface area contributed by atoms with Crippen LogP contribution in [0.15, 0.2) is 60.7 Å². The first-order chi connectivity index (χ1) is 14.8. The fraction of sp³-hybridized carbons (Fsp3) is 0.391. The first-order valence-corrected chi connectivity index (χ1v) is 12.3. The van der Waals surface area contributed by atoms with Crippen LogP contribution in [0.2, 0.25) is 0 Å². The highest BCUT2D eigenvalue weighted by molar-refractivity contribution is 7.90. The van der Waals surface area contributed by atoms with Crippen LogP contribution in [-0.4, -0.2) is 45.0 Å². The zero-order valence-electron chi connectivity index (χ0n) is 17.5. The Morgan fingerprint density at radius 1 is 1.03 bits per heavy atom. The van der Waals surface area contributed by atoms with Gasteiger partial charge in [-0.3, -0.25) is 4.79 Å². The Morgan fingerprint density at radius 2 is 1.65 bits per heavy atom. The zero-order chi connectivity index (χ0) is 22.3. The summed E-state index contributed by atoms with van der Waals surface area (Å²) in [4.78, 5) is 25.0. The molecule has 0 aliphatic heterocycles. The highest BCUT2D eigenvalue weighted by Crippen LogP contribution is 2.47. The van der Waals surface area contributed by atoms with Gasteiger partial charge < -0.3 is 15.4 Å². The van der Waals surface area contributed by atoms with Crippen LogP contribution >= 0.6 is 0 Å². The van der Waals surface area contributed by atoms with E-state index in [9.17, 15) is 18.0 Å². The van der Waals surface area contributed by atoms with Gasteiger partial charge in [0.2, 0.25) is 5.91 Å². The number of alkyl carbamates (subject to hydrolysis) is 1. The SMILES string of the molecule is CS(=O)(=O)CCC(NC(=O)OCc1ccccc1)C(=O)NCC1(c2ccccc2)CC1. The van der Waals surface area contributed by atoms with Crippen molar-refractivity contribution in [3.05, 3.63) is 71.8 Å². The van der Waals surface area contributed by atoms with Crippen LogP contribution < -0.4 is 10.6 Å². The van der Waals surface area contributed by atoms with E-state index >= 15 is 0 Å². The fourth-order valence-corrected chi connectivity index (χ4v) is 4.06. The lowest BCUT2D eigenvalue weighted by molar-refractivity contribution is -0.123. The number of ether oxygens (including phenoxy) is 1. The maximum absolute atomic E-state index is 12.8. The molecule has 1 saturated carbocycles. The van der Waals surface area contributed by atoms with Crippen LogP contribution in [-0.2, 0) is 31.4 Å². The van der Waals surface area contributed by atoms with Crippen molar-refractivity contribution >= 4 is 21.8 Å². The maximum Gasteiger partial charge on any atom is 0.408 e. The number of sulfone groups is 1. The van der Waals surface area contributed by atoms with Crippen molar-refractivity contribution in [2.45, 2.75) is 37.3 Å². The number of carbonyl (C=O) groups is 2. The van der Waals surface area contributed by atoms with Crippen molar-refractivity contribution in [3.63, 3.8) is 0 Å². The maximum atomic E-state index is 12.8. The van der Waals surface area contributed by atoms with E-state index in [4.69, 9.17) is 4.74 Å². The number of hydrogen-bond acceptors (Lipinski definition) is 5. The van der Waals surface area contributed by atoms with Crippen LogP contribution in [0, 0.1) is 0 Å². The topological polar surface area (TPSA) is 102 Å². The molecule has 8 heteroatoms. The van der Waals surface area contributed by atoms with E-state index in [0.29, 0.717) is 6.54 Å². The van der Waals surface area contributed by atoms with Crippen LogP contribution in [0.5, 0.6) is 0 Å². The molecule has 1 unspecified atom stereocenters. The molecule has 0 aromatic heterocycles. The van der Waals surface area contributed by atoms with Gasteiger partial charge in [-0.15, -0.1) is 0 Å². The molecule has 1 aliphatic carbocycles. The molecule has 166 valence electrons. The Hall–Kier alpha value is -2.87. The molecule has 0 radical (unpaired) electrons. The summed E-state index contributed by atoms with van der Waals surface area (Å²) < 4.78 is 28.4. The zero-order valence-corrected chi connectivity index (χ0v) is 18.4. The van der Waals surface area contributed by atoms with E-state index in [1.54, 1.807) is 0 Å². The van der Waals surface area contributed by atoms with Crippen molar-refractivity contribution in [3.8, 4) is 0 Å². The molecular formula is C23H28N2O5S. The minimum atomic E-state index is -3.29. The highest BCUT2D eigenvalue weighted by Gasteiger charge is 2.44. The lowest BCUT2D eigenvalue weighted by atomic mass is 9.96. The first kappa shape index (κ1) is 22.8. The van der Waals surface area contributed by atoms with Gasteiger partial charge in [0, 0.05) is 18.2 Å². The summed E-state index contributed by atoms with van der Waals surface area (Å²) in [5.41, 5.74) is 1.89. The fourth-order valence-electron chi connectivity index (χ4n) is 3.40. The Morgan fingerprint density at radius 3 is 2.23 bits per heavy atom. The molecule has 1 atom stereocenters. The van der Waals surface area contributed by atoms with Crippen LogP contribution in [0.1, 0.15) is 30.4 Å². The monoisotopic (exact) mass is 444 g/mol. The summed E-state index contributed by atoms with van der Waals surface area (Å²) in [6.07, 6.45) is 2.25. The van der Waals surface area contributed by atoms with E-state index in [1.807, 2.05) is 60.7 Å². The standard InChI is InChI=1S/C23H28N2O5S/c1-31(28,29)15-12-20(25-22(27)30-16-18-8-4-2-5-9-18)21(26)24-17-23(13-14-23)19-10-6-3-7-11-19/h2-11,20H,12-17H2,1H3,(H,24,26)(H,25,27). The Bertz CT molecular complexity index is 989. The molecule has 0 bridgehead atoms. The lowest BCUT2D eigenvalue weighted by Crippen LogP contribution is -2.49. The molecule has 0 spiro atoms. The van der Waals surface area contributed by atoms with Gasteiger partial charge >= 0.3 is 6.09 Å². The summed E-state index contributed by atoms with van der Waals surface area (Å²) in [6.45, 7) is 0.496. The average molecular weight is 445 g/mol. The van der Waals surface area contributed by atoms with Gasteiger partial charge in [-0.1, -0.05) is 60.7 Å². The van der Waals surface area contributed by atoms with Crippen molar-refractivity contribution in [2.75, 3.05) is 18.6 Å². The van der Waals surface area contributed by atoms with Gasteiger partial charge in [0.15, 0.2) is 0 Å². The molecule has 2 aromatic carbocycles. The number of nitrogens with one attached hydrogen (secondary N) is 2.